The Kier molecular flexibility index (Phi) is 10.0. The minimum atomic E-state index is -4.31. The minimum Gasteiger partial charge on any atom is -0.748 e. The number of allylic oxidation sites excluding steroid dienone is 2. The lowest BCUT2D eigenvalue weighted by Gasteiger charge is -2.22. The maximum Gasteiger partial charge on any atom is 0.264 e. The Bertz CT molecular complexity index is 1510. The monoisotopic (exact) mass is 650 g/mol. The normalized spacial score (nSPS) is 20.5. The topological polar surface area (TPSA) is 119 Å². The molecule has 2 unspecified atom stereocenters. The Morgan fingerprint density at radius 3 is 2.44 bits per heavy atom. The standard InChI is InChI=1S/C25H28Cl2N2O6S4/c1-2-17(13-24-28(9-3-11-38(30,31)32)20-15-18(26)5-7-22(20)36-24)14-25-29(10-4-12-39(33,34)35)21-16-19(27)6-8-23(21)37-25/h5-8,13-16,24H,2-4,9-12H2,1H3,(H,30,31,32)(H,33,34,35)/b17-13-,25-14-. The van der Waals surface area contributed by atoms with Gasteiger partial charge in [0, 0.05) is 39.7 Å². The van der Waals surface area contributed by atoms with Crippen LogP contribution in [0.4, 0.5) is 11.4 Å². The highest BCUT2D eigenvalue weighted by Crippen LogP contribution is 2.47. The first-order valence-electron chi connectivity index (χ1n) is 12.2. The van der Waals surface area contributed by atoms with E-state index in [9.17, 15) is 25.9 Å². The Labute approximate surface area is 247 Å². The molecular weight excluding hydrogens is 623 g/mol. The van der Waals surface area contributed by atoms with Crippen LogP contribution in [0.3, 0.4) is 0 Å². The van der Waals surface area contributed by atoms with Crippen molar-refractivity contribution in [2.24, 2.45) is 0 Å². The molecule has 0 amide bonds. The molecule has 2 atom stereocenters. The van der Waals surface area contributed by atoms with E-state index < -0.39 is 26.0 Å². The zero-order valence-electron chi connectivity index (χ0n) is 21.0. The van der Waals surface area contributed by atoms with Gasteiger partial charge in [-0.15, -0.1) is 0 Å². The number of nitrogens with one attached hydrogen (secondary N) is 1. The highest BCUT2D eigenvalue weighted by Gasteiger charge is 2.34. The van der Waals surface area contributed by atoms with Crippen molar-refractivity contribution in [3.8, 4) is 0 Å². The predicted molar refractivity (Wildman–Crippen MR) is 158 cm³/mol. The fourth-order valence-electron chi connectivity index (χ4n) is 4.51. The Morgan fingerprint density at radius 1 is 1.08 bits per heavy atom. The lowest BCUT2D eigenvalue weighted by molar-refractivity contribution is -0.835. The van der Waals surface area contributed by atoms with Crippen molar-refractivity contribution < 1.29 is 30.8 Å². The molecule has 0 radical (unpaired) electrons. The van der Waals surface area contributed by atoms with Gasteiger partial charge < -0.3 is 9.45 Å². The van der Waals surface area contributed by atoms with Crippen LogP contribution in [-0.4, -0.2) is 55.9 Å². The third-order valence-corrected chi connectivity index (χ3v) is 10.7. The smallest absolute Gasteiger partial charge is 0.264 e. The molecule has 0 bridgehead atoms. The Balaban J connectivity index is 1.62. The molecule has 0 aliphatic carbocycles. The third kappa shape index (κ3) is 8.40. The summed E-state index contributed by atoms with van der Waals surface area (Å²) in [6.45, 7) is 2.88. The van der Waals surface area contributed by atoms with Gasteiger partial charge in [0.1, 0.15) is 5.69 Å². The fourth-order valence-corrected chi connectivity index (χ4v) is 8.35. The summed E-state index contributed by atoms with van der Waals surface area (Å²) in [5, 5.41) is 2.01. The van der Waals surface area contributed by atoms with E-state index in [0.717, 1.165) is 43.1 Å². The molecule has 14 heteroatoms. The SMILES string of the molecule is CCC(=C/C1Sc2ccc(Cl)cc2[NH+]1CCCS(=O)(=O)[O-])/C=C1\Sc2ccc(Cl)cc2N1CCCS(=O)(=O)O. The molecule has 2 aliphatic heterocycles. The van der Waals surface area contributed by atoms with Gasteiger partial charge in [0.05, 0.1) is 38.0 Å². The van der Waals surface area contributed by atoms with Gasteiger partial charge in [-0.2, -0.15) is 8.42 Å². The Morgan fingerprint density at radius 2 is 1.77 bits per heavy atom. The highest BCUT2D eigenvalue weighted by molar-refractivity contribution is 8.03. The molecule has 2 aliphatic rings. The fraction of sp³-hybridized carbons (Fsp3) is 0.360. The predicted octanol–water partition coefficient (Wildman–Crippen LogP) is 4.94. The number of hydrogen-bond acceptors (Lipinski definition) is 8. The van der Waals surface area contributed by atoms with Crippen molar-refractivity contribution in [2.45, 2.75) is 41.4 Å². The summed E-state index contributed by atoms with van der Waals surface area (Å²) in [6, 6.07) is 11.2. The second-order valence-electron chi connectivity index (χ2n) is 9.15. The molecule has 0 saturated carbocycles. The summed E-state index contributed by atoms with van der Waals surface area (Å²) in [5.41, 5.74) is 2.90. The molecule has 39 heavy (non-hydrogen) atoms. The van der Waals surface area contributed by atoms with E-state index in [2.05, 4.69) is 12.2 Å². The molecule has 0 fully saturated rings. The van der Waals surface area contributed by atoms with Crippen molar-refractivity contribution in [2.75, 3.05) is 29.5 Å². The maximum absolute atomic E-state index is 11.3. The van der Waals surface area contributed by atoms with Gasteiger partial charge in [-0.3, -0.25) is 9.45 Å². The average molecular weight is 652 g/mol. The summed E-state index contributed by atoms with van der Waals surface area (Å²) in [6.07, 6.45) is 5.41. The van der Waals surface area contributed by atoms with Crippen LogP contribution in [0.1, 0.15) is 26.2 Å². The van der Waals surface area contributed by atoms with E-state index >= 15 is 0 Å². The van der Waals surface area contributed by atoms with Crippen LogP contribution in [-0.2, 0) is 20.2 Å². The molecule has 4 rings (SSSR count). The van der Waals surface area contributed by atoms with E-state index in [1.54, 1.807) is 23.5 Å². The average Bonchev–Trinajstić information content (AvgIpc) is 3.34. The summed E-state index contributed by atoms with van der Waals surface area (Å²) in [4.78, 5) is 5.09. The van der Waals surface area contributed by atoms with Crippen LogP contribution in [0.2, 0.25) is 10.0 Å². The van der Waals surface area contributed by atoms with Crippen molar-refractivity contribution >= 4 is 78.3 Å². The van der Waals surface area contributed by atoms with Crippen LogP contribution < -0.4 is 9.80 Å². The van der Waals surface area contributed by atoms with Gasteiger partial charge in [0.15, 0.2) is 5.37 Å². The number of rotatable bonds is 11. The molecule has 212 valence electrons. The molecular formula is C25H28Cl2N2O6S4. The van der Waals surface area contributed by atoms with Crippen molar-refractivity contribution in [3.63, 3.8) is 0 Å². The highest BCUT2D eigenvalue weighted by atomic mass is 35.5. The zero-order chi connectivity index (χ0) is 28.4. The number of nitrogens with zero attached hydrogens (tertiary/aromatic N) is 1. The van der Waals surface area contributed by atoms with Gasteiger partial charge >= 0.3 is 0 Å². The number of quaternary nitrogens is 1. The summed E-state index contributed by atoms with van der Waals surface area (Å²) < 4.78 is 65.4. The lowest BCUT2D eigenvalue weighted by atomic mass is 10.1. The summed E-state index contributed by atoms with van der Waals surface area (Å²) >= 11 is 15.7. The second kappa shape index (κ2) is 12.7. The van der Waals surface area contributed by atoms with E-state index in [1.165, 1.54) is 0 Å². The van der Waals surface area contributed by atoms with Gasteiger partial charge in [0.25, 0.3) is 10.1 Å². The van der Waals surface area contributed by atoms with Crippen molar-refractivity contribution in [1.29, 1.82) is 0 Å². The van der Waals surface area contributed by atoms with Gasteiger partial charge in [0.2, 0.25) is 0 Å². The van der Waals surface area contributed by atoms with E-state index in [0.29, 0.717) is 23.1 Å². The zero-order valence-corrected chi connectivity index (χ0v) is 25.7. The molecule has 2 heterocycles. The van der Waals surface area contributed by atoms with Crippen LogP contribution in [0, 0.1) is 0 Å². The summed E-state index contributed by atoms with van der Waals surface area (Å²) in [5.74, 6) is -0.765. The van der Waals surface area contributed by atoms with Crippen LogP contribution >= 0.6 is 46.7 Å². The molecule has 2 aromatic carbocycles. The van der Waals surface area contributed by atoms with Crippen molar-refractivity contribution in [1.82, 2.24) is 0 Å². The first kappa shape index (κ1) is 30.7. The minimum absolute atomic E-state index is 0.0594. The van der Waals surface area contributed by atoms with Gasteiger partial charge in [-0.25, -0.2) is 8.42 Å². The molecule has 2 aromatic rings. The second-order valence-corrected chi connectivity index (χ2v) is 15.4. The number of hydrogen-bond donors (Lipinski definition) is 2. The number of halogens is 2. The van der Waals surface area contributed by atoms with Gasteiger partial charge in [-0.05, 0) is 60.9 Å². The molecule has 0 aromatic heterocycles. The van der Waals surface area contributed by atoms with E-state index in [1.807, 2.05) is 48.2 Å². The summed E-state index contributed by atoms with van der Waals surface area (Å²) in [7, 11) is -8.38. The molecule has 0 saturated heterocycles. The Hall–Kier alpha value is -1.22. The lowest BCUT2D eigenvalue weighted by Crippen LogP contribution is -3.09. The van der Waals surface area contributed by atoms with Crippen molar-refractivity contribution in [3.05, 3.63) is 69.2 Å². The van der Waals surface area contributed by atoms with E-state index in [-0.39, 0.29) is 24.0 Å². The first-order chi connectivity index (χ1) is 18.3. The molecule has 2 N–H and O–H groups in total. The van der Waals surface area contributed by atoms with E-state index in [4.69, 9.17) is 23.2 Å². The molecule has 8 nitrogen and oxygen atoms in total. The quantitative estimate of drug-likeness (QED) is 0.326. The third-order valence-electron chi connectivity index (χ3n) is 6.28. The van der Waals surface area contributed by atoms with Crippen LogP contribution in [0.15, 0.2) is 68.9 Å². The van der Waals surface area contributed by atoms with Gasteiger partial charge in [-0.1, -0.05) is 53.6 Å². The number of fused-ring (bicyclic) bond motifs is 2. The first-order valence-corrected chi connectivity index (χ1v) is 17.8. The molecule has 0 spiro atoms. The largest absolute Gasteiger partial charge is 0.748 e. The van der Waals surface area contributed by atoms with Crippen LogP contribution in [0.5, 0.6) is 0 Å². The number of benzene rings is 2. The number of thioether (sulfide) groups is 2. The van der Waals surface area contributed by atoms with Crippen LogP contribution in [0.25, 0.3) is 0 Å². The maximum atomic E-state index is 11.3. The number of anilines is 1.